The number of hydrogen-bond acceptors (Lipinski definition) is 3. The molecule has 1 aromatic rings. The van der Waals surface area contributed by atoms with E-state index in [9.17, 15) is 9.59 Å². The Morgan fingerprint density at radius 3 is 3.12 bits per heavy atom. The Morgan fingerprint density at radius 1 is 1.47 bits per heavy atom. The number of nitrogens with zero attached hydrogens (tertiary/aromatic N) is 1. The molecule has 0 bridgehead atoms. The lowest BCUT2D eigenvalue weighted by Gasteiger charge is -2.17. The fraction of sp³-hybridized carbons (Fsp3) is 0.417. The molecule has 17 heavy (non-hydrogen) atoms. The van der Waals surface area contributed by atoms with Crippen LogP contribution in [0.15, 0.2) is 24.5 Å². The average Bonchev–Trinajstić information content (AvgIpc) is 2.55. The summed E-state index contributed by atoms with van der Waals surface area (Å²) in [5.74, 6) is -0.204. The molecule has 0 radical (unpaired) electrons. The van der Waals surface area contributed by atoms with Crippen LogP contribution < -0.4 is 10.6 Å². The topological polar surface area (TPSA) is 71.1 Å². The molecule has 0 spiro atoms. The number of nitrogens with one attached hydrogen (secondary N) is 2. The highest BCUT2D eigenvalue weighted by Gasteiger charge is 2.18. The zero-order valence-corrected chi connectivity index (χ0v) is 9.48. The van der Waals surface area contributed by atoms with Crippen LogP contribution in [0.4, 0.5) is 0 Å². The quantitative estimate of drug-likeness (QED) is 0.794. The standard InChI is InChI=1S/C12H15N3O2/c16-11-6-2-1-5-10(14-11)15-12(17)9-4-3-7-13-8-9/h3-4,7-8,10H,1-2,5-6H2,(H,14,16)(H,15,17). The highest BCUT2D eigenvalue weighted by atomic mass is 16.2. The minimum absolute atomic E-state index is 0.000938. The molecule has 1 fully saturated rings. The van der Waals surface area contributed by atoms with Crippen LogP contribution in [0.3, 0.4) is 0 Å². The van der Waals surface area contributed by atoms with Gasteiger partial charge >= 0.3 is 0 Å². The molecule has 1 aliphatic rings. The molecule has 1 aromatic heterocycles. The second-order valence-corrected chi connectivity index (χ2v) is 4.08. The van der Waals surface area contributed by atoms with Gasteiger partial charge in [0.25, 0.3) is 5.91 Å². The second kappa shape index (κ2) is 5.43. The van der Waals surface area contributed by atoms with Crippen LogP contribution in [0.2, 0.25) is 0 Å². The molecule has 1 unspecified atom stereocenters. The number of amides is 2. The van der Waals surface area contributed by atoms with Crippen LogP contribution >= 0.6 is 0 Å². The van der Waals surface area contributed by atoms with Crippen LogP contribution in [0.1, 0.15) is 36.0 Å². The SMILES string of the molecule is O=C1CCCCC(NC(=O)c2cccnc2)N1. The lowest BCUT2D eigenvalue weighted by molar-refractivity contribution is -0.121. The second-order valence-electron chi connectivity index (χ2n) is 4.08. The van der Waals surface area contributed by atoms with Crippen LogP contribution in [-0.2, 0) is 4.79 Å². The first-order chi connectivity index (χ1) is 8.25. The maximum absolute atomic E-state index is 11.8. The lowest BCUT2D eigenvalue weighted by Crippen LogP contribution is -2.46. The minimum Gasteiger partial charge on any atom is -0.336 e. The summed E-state index contributed by atoms with van der Waals surface area (Å²) in [4.78, 5) is 27.1. The van der Waals surface area contributed by atoms with Crippen molar-refractivity contribution < 1.29 is 9.59 Å². The molecule has 2 heterocycles. The van der Waals surface area contributed by atoms with Crippen molar-refractivity contribution in [2.45, 2.75) is 31.8 Å². The zero-order valence-electron chi connectivity index (χ0n) is 9.48. The summed E-state index contributed by atoms with van der Waals surface area (Å²) in [6.45, 7) is 0. The van der Waals surface area contributed by atoms with E-state index < -0.39 is 0 Å². The molecule has 5 heteroatoms. The number of carbonyl (C=O) groups excluding carboxylic acids is 2. The Kier molecular flexibility index (Phi) is 3.69. The summed E-state index contributed by atoms with van der Waals surface area (Å²) in [7, 11) is 0. The van der Waals surface area contributed by atoms with Gasteiger partial charge in [0.15, 0.2) is 0 Å². The molecular formula is C12H15N3O2. The predicted octanol–water partition coefficient (Wildman–Crippen LogP) is 0.828. The summed E-state index contributed by atoms with van der Waals surface area (Å²) < 4.78 is 0. The average molecular weight is 233 g/mol. The summed E-state index contributed by atoms with van der Waals surface area (Å²) in [6.07, 6.45) is 5.99. The number of pyridine rings is 1. The van der Waals surface area contributed by atoms with E-state index in [1.807, 2.05) is 0 Å². The number of rotatable bonds is 2. The Bertz CT molecular complexity index is 405. The van der Waals surface area contributed by atoms with Crippen molar-refractivity contribution in [3.8, 4) is 0 Å². The number of carbonyl (C=O) groups is 2. The van der Waals surface area contributed by atoms with Gasteiger partial charge in [0, 0.05) is 18.8 Å². The van der Waals surface area contributed by atoms with Gasteiger partial charge in [0.05, 0.1) is 5.56 Å². The van der Waals surface area contributed by atoms with Gasteiger partial charge in [-0.15, -0.1) is 0 Å². The molecule has 2 N–H and O–H groups in total. The molecule has 2 amide bonds. The van der Waals surface area contributed by atoms with E-state index in [0.717, 1.165) is 19.3 Å². The molecule has 1 atom stereocenters. The lowest BCUT2D eigenvalue weighted by atomic mass is 10.2. The van der Waals surface area contributed by atoms with E-state index in [-0.39, 0.29) is 18.0 Å². The van der Waals surface area contributed by atoms with E-state index in [1.165, 1.54) is 6.20 Å². The molecule has 90 valence electrons. The zero-order chi connectivity index (χ0) is 12.1. The Morgan fingerprint density at radius 2 is 2.35 bits per heavy atom. The van der Waals surface area contributed by atoms with Crippen LogP contribution in [0.25, 0.3) is 0 Å². The predicted molar refractivity (Wildman–Crippen MR) is 62.1 cm³/mol. The van der Waals surface area contributed by atoms with Crippen LogP contribution in [0, 0.1) is 0 Å². The molecule has 2 rings (SSSR count). The van der Waals surface area contributed by atoms with Gasteiger partial charge < -0.3 is 10.6 Å². The summed E-state index contributed by atoms with van der Waals surface area (Å²) in [5, 5.41) is 5.58. The summed E-state index contributed by atoms with van der Waals surface area (Å²) in [6, 6.07) is 3.40. The molecule has 1 aliphatic heterocycles. The van der Waals surface area contributed by atoms with Gasteiger partial charge in [-0.1, -0.05) is 0 Å². The van der Waals surface area contributed by atoms with Gasteiger partial charge in [-0.3, -0.25) is 14.6 Å². The molecule has 0 aliphatic carbocycles. The van der Waals surface area contributed by atoms with Gasteiger partial charge in [0.1, 0.15) is 6.17 Å². The maximum Gasteiger partial charge on any atom is 0.254 e. The fourth-order valence-electron chi connectivity index (χ4n) is 1.82. The monoisotopic (exact) mass is 233 g/mol. The highest BCUT2D eigenvalue weighted by molar-refractivity contribution is 5.94. The van der Waals surface area contributed by atoms with E-state index in [4.69, 9.17) is 0 Å². The van der Waals surface area contributed by atoms with Crippen molar-refractivity contribution in [3.05, 3.63) is 30.1 Å². The van der Waals surface area contributed by atoms with Crippen LogP contribution in [0.5, 0.6) is 0 Å². The minimum atomic E-state index is -0.266. The van der Waals surface area contributed by atoms with Gasteiger partial charge in [0.2, 0.25) is 5.91 Å². The molecule has 1 saturated heterocycles. The first kappa shape index (κ1) is 11.6. The highest BCUT2D eigenvalue weighted by Crippen LogP contribution is 2.08. The summed E-state index contributed by atoms with van der Waals surface area (Å²) in [5.41, 5.74) is 0.506. The van der Waals surface area contributed by atoms with Crippen molar-refractivity contribution in [1.29, 1.82) is 0 Å². The first-order valence-corrected chi connectivity index (χ1v) is 5.76. The van der Waals surface area contributed by atoms with E-state index in [0.29, 0.717) is 12.0 Å². The van der Waals surface area contributed by atoms with Crippen molar-refractivity contribution in [3.63, 3.8) is 0 Å². The largest absolute Gasteiger partial charge is 0.336 e. The number of hydrogen-bond donors (Lipinski definition) is 2. The van der Waals surface area contributed by atoms with Crippen molar-refractivity contribution in [2.75, 3.05) is 0 Å². The van der Waals surface area contributed by atoms with Crippen LogP contribution in [-0.4, -0.2) is 23.0 Å². The number of aromatic nitrogens is 1. The normalized spacial score (nSPS) is 20.2. The molecular weight excluding hydrogens is 218 g/mol. The third kappa shape index (κ3) is 3.27. The molecule has 0 aromatic carbocycles. The van der Waals surface area contributed by atoms with Crippen molar-refractivity contribution >= 4 is 11.8 Å². The first-order valence-electron chi connectivity index (χ1n) is 5.76. The Hall–Kier alpha value is -1.91. The van der Waals surface area contributed by atoms with Crippen molar-refractivity contribution in [1.82, 2.24) is 15.6 Å². The van der Waals surface area contributed by atoms with Gasteiger partial charge in [-0.05, 0) is 31.4 Å². The van der Waals surface area contributed by atoms with Crippen molar-refractivity contribution in [2.24, 2.45) is 0 Å². The van der Waals surface area contributed by atoms with E-state index >= 15 is 0 Å². The Labute approximate surface area is 99.6 Å². The molecule has 5 nitrogen and oxygen atoms in total. The van der Waals surface area contributed by atoms with E-state index in [2.05, 4.69) is 15.6 Å². The third-order valence-electron chi connectivity index (χ3n) is 2.71. The van der Waals surface area contributed by atoms with Gasteiger partial charge in [-0.2, -0.15) is 0 Å². The molecule has 0 saturated carbocycles. The third-order valence-corrected chi connectivity index (χ3v) is 2.71. The Balaban J connectivity index is 1.96. The van der Waals surface area contributed by atoms with Gasteiger partial charge in [-0.25, -0.2) is 0 Å². The van der Waals surface area contributed by atoms with E-state index in [1.54, 1.807) is 18.3 Å². The smallest absolute Gasteiger partial charge is 0.254 e. The fourth-order valence-corrected chi connectivity index (χ4v) is 1.82. The maximum atomic E-state index is 11.8. The summed E-state index contributed by atoms with van der Waals surface area (Å²) >= 11 is 0.